The molecule has 0 saturated heterocycles. The molecule has 1 amide bonds. The first-order chi connectivity index (χ1) is 19.8. The Morgan fingerprint density at radius 1 is 1.00 bits per heavy atom. The van der Waals surface area contributed by atoms with Crippen molar-refractivity contribution in [3.8, 4) is 11.3 Å². The van der Waals surface area contributed by atoms with Crippen LogP contribution in [-0.4, -0.2) is 28.8 Å². The number of aromatic nitrogens is 2. The normalized spacial score (nSPS) is 11.8. The van der Waals surface area contributed by atoms with Crippen LogP contribution in [0.15, 0.2) is 42.7 Å². The van der Waals surface area contributed by atoms with Gasteiger partial charge in [0.1, 0.15) is 5.69 Å². The van der Waals surface area contributed by atoms with E-state index in [1.165, 1.54) is 24.5 Å². The summed E-state index contributed by atoms with van der Waals surface area (Å²) >= 11 is 0.456. The molecule has 0 unspecified atom stereocenters. The molecule has 0 fully saturated rings. The van der Waals surface area contributed by atoms with Crippen LogP contribution in [0.4, 0.5) is 33.2 Å². The number of unbranched alkanes of at least 4 members (excludes halogenated alkanes) is 5. The van der Waals surface area contributed by atoms with E-state index in [-0.39, 0.29) is 28.5 Å². The summed E-state index contributed by atoms with van der Waals surface area (Å²) in [4.78, 5) is 34.2. The van der Waals surface area contributed by atoms with Gasteiger partial charge in [-0.3, -0.25) is 9.78 Å². The molecular formula is C30H35F4N3O4S. The second kappa shape index (κ2) is 14.6. The SMILES string of the molecule is CCCCCCCCc1ccc(N(C(=O)OCOC(=O)C(C)(C)C)c2nc(-c3cccnc3)c(F)s2)cc1C(F)(F)F. The molecule has 0 spiro atoms. The molecule has 2 heterocycles. The van der Waals surface area contributed by atoms with Crippen molar-refractivity contribution in [2.75, 3.05) is 11.7 Å². The molecular weight excluding hydrogens is 574 g/mol. The maximum Gasteiger partial charge on any atom is 0.423 e. The van der Waals surface area contributed by atoms with E-state index in [1.54, 1.807) is 32.9 Å². The average molecular weight is 610 g/mol. The van der Waals surface area contributed by atoms with Crippen LogP contribution in [0.25, 0.3) is 11.3 Å². The van der Waals surface area contributed by atoms with E-state index in [2.05, 4.69) is 16.9 Å². The van der Waals surface area contributed by atoms with Crippen molar-refractivity contribution in [1.82, 2.24) is 9.97 Å². The van der Waals surface area contributed by atoms with Gasteiger partial charge < -0.3 is 9.47 Å². The van der Waals surface area contributed by atoms with Gasteiger partial charge >= 0.3 is 18.2 Å². The van der Waals surface area contributed by atoms with Crippen molar-refractivity contribution in [3.05, 3.63) is 59.0 Å². The summed E-state index contributed by atoms with van der Waals surface area (Å²) in [5, 5.41) is -1.04. The van der Waals surface area contributed by atoms with E-state index in [1.807, 2.05) is 0 Å². The largest absolute Gasteiger partial charge is 0.427 e. The zero-order chi connectivity index (χ0) is 30.9. The minimum atomic E-state index is -4.71. The predicted octanol–water partition coefficient (Wildman–Crippen LogP) is 9.09. The number of benzene rings is 1. The van der Waals surface area contributed by atoms with E-state index < -0.39 is 41.1 Å². The Labute approximate surface area is 246 Å². The second-order valence-corrected chi connectivity index (χ2v) is 11.7. The summed E-state index contributed by atoms with van der Waals surface area (Å²) in [6.07, 6.45) is 2.71. The molecule has 0 N–H and O–H groups in total. The number of alkyl halides is 3. The van der Waals surface area contributed by atoms with Crippen molar-refractivity contribution in [1.29, 1.82) is 0 Å². The van der Waals surface area contributed by atoms with Crippen molar-refractivity contribution in [3.63, 3.8) is 0 Å². The molecule has 0 aliphatic carbocycles. The molecule has 2 aromatic heterocycles. The van der Waals surface area contributed by atoms with Crippen molar-refractivity contribution in [2.45, 2.75) is 78.8 Å². The van der Waals surface area contributed by atoms with E-state index >= 15 is 4.39 Å². The Morgan fingerprint density at radius 3 is 2.36 bits per heavy atom. The number of nitrogens with zero attached hydrogens (tertiary/aromatic N) is 3. The number of thiazole rings is 1. The predicted molar refractivity (Wildman–Crippen MR) is 153 cm³/mol. The molecule has 0 radical (unpaired) electrons. The standard InChI is InChI=1S/C30H35F4N3O4S/c1-5-6-7-8-9-10-12-20-14-15-22(17-23(20)30(32,33)34)37(28(39)41-19-40-26(38)29(2,3)4)27-36-24(25(31)42-27)21-13-11-16-35-18-21/h11,13-18H,5-10,12,19H2,1-4H3. The fraction of sp³-hybridized carbons (Fsp3) is 0.467. The van der Waals surface area contributed by atoms with Crippen LogP contribution in [0.3, 0.4) is 0 Å². The molecule has 1 aromatic carbocycles. The van der Waals surface area contributed by atoms with Crippen LogP contribution in [0, 0.1) is 10.5 Å². The fourth-order valence-corrected chi connectivity index (χ4v) is 4.89. The van der Waals surface area contributed by atoms with E-state index in [0.29, 0.717) is 23.3 Å². The smallest absolute Gasteiger partial charge is 0.423 e. The Morgan fingerprint density at radius 2 is 1.71 bits per heavy atom. The van der Waals surface area contributed by atoms with Crippen LogP contribution in [0.5, 0.6) is 0 Å². The van der Waals surface area contributed by atoms with Gasteiger partial charge in [-0.1, -0.05) is 56.4 Å². The lowest BCUT2D eigenvalue weighted by atomic mass is 9.98. The molecule has 3 aromatic rings. The molecule has 228 valence electrons. The van der Waals surface area contributed by atoms with Crippen molar-refractivity contribution in [2.24, 2.45) is 5.41 Å². The number of carbonyl (C=O) groups is 2. The second-order valence-electron chi connectivity index (χ2n) is 10.8. The Kier molecular flexibility index (Phi) is 11.4. The van der Waals surface area contributed by atoms with Crippen LogP contribution in [0.1, 0.15) is 77.3 Å². The Balaban J connectivity index is 1.95. The molecule has 42 heavy (non-hydrogen) atoms. The number of amides is 1. The number of anilines is 2. The third-order valence-corrected chi connectivity index (χ3v) is 7.15. The van der Waals surface area contributed by atoms with Gasteiger partial charge in [0.25, 0.3) is 0 Å². The molecule has 0 bridgehead atoms. The first-order valence-electron chi connectivity index (χ1n) is 13.7. The number of pyridine rings is 1. The van der Waals surface area contributed by atoms with Gasteiger partial charge in [-0.15, -0.1) is 0 Å². The number of carbonyl (C=O) groups excluding carboxylic acids is 2. The summed E-state index contributed by atoms with van der Waals surface area (Å²) in [6.45, 7) is 6.11. The number of hydrogen-bond donors (Lipinski definition) is 0. The molecule has 0 aliphatic heterocycles. The fourth-order valence-electron chi connectivity index (χ4n) is 4.06. The Bertz CT molecular complexity index is 1340. The number of aryl methyl sites for hydroxylation is 1. The number of halogens is 4. The highest BCUT2D eigenvalue weighted by molar-refractivity contribution is 7.14. The average Bonchev–Trinajstić information content (AvgIpc) is 3.31. The third-order valence-electron chi connectivity index (χ3n) is 6.32. The highest BCUT2D eigenvalue weighted by Crippen LogP contribution is 2.40. The lowest BCUT2D eigenvalue weighted by Gasteiger charge is -2.22. The first kappa shape index (κ1) is 33.0. The van der Waals surface area contributed by atoms with Gasteiger partial charge in [0.05, 0.1) is 16.7 Å². The van der Waals surface area contributed by atoms with Crippen LogP contribution in [-0.2, 0) is 26.9 Å². The molecule has 12 heteroatoms. The lowest BCUT2D eigenvalue weighted by molar-refractivity contribution is -0.161. The minimum Gasteiger partial charge on any atom is -0.427 e. The number of esters is 1. The maximum atomic E-state index is 15.0. The maximum absolute atomic E-state index is 15.0. The van der Waals surface area contributed by atoms with Gasteiger partial charge in [-0.25, -0.2) is 14.7 Å². The summed E-state index contributed by atoms with van der Waals surface area (Å²) < 4.78 is 67.7. The molecule has 0 aliphatic rings. The molecule has 3 rings (SSSR count). The topological polar surface area (TPSA) is 81.6 Å². The number of hydrogen-bond acceptors (Lipinski definition) is 7. The van der Waals surface area contributed by atoms with Gasteiger partial charge in [0, 0.05) is 18.0 Å². The quantitative estimate of drug-likeness (QED) is 0.0882. The highest BCUT2D eigenvalue weighted by Gasteiger charge is 2.35. The zero-order valence-corrected chi connectivity index (χ0v) is 24.9. The molecule has 7 nitrogen and oxygen atoms in total. The van der Waals surface area contributed by atoms with Crippen LogP contribution < -0.4 is 4.90 Å². The summed E-state index contributed by atoms with van der Waals surface area (Å²) in [5.74, 6) is -0.653. The van der Waals surface area contributed by atoms with E-state index in [0.717, 1.165) is 43.1 Å². The third kappa shape index (κ3) is 8.98. The lowest BCUT2D eigenvalue weighted by Crippen LogP contribution is -2.30. The van der Waals surface area contributed by atoms with Crippen LogP contribution >= 0.6 is 11.3 Å². The molecule has 0 saturated carbocycles. The summed E-state index contributed by atoms with van der Waals surface area (Å²) in [7, 11) is 0. The van der Waals surface area contributed by atoms with Gasteiger partial charge in [0.15, 0.2) is 0 Å². The summed E-state index contributed by atoms with van der Waals surface area (Å²) in [6, 6.07) is 6.62. The van der Waals surface area contributed by atoms with Crippen LogP contribution in [0.2, 0.25) is 0 Å². The van der Waals surface area contributed by atoms with Gasteiger partial charge in [0.2, 0.25) is 17.1 Å². The monoisotopic (exact) mass is 609 g/mol. The van der Waals surface area contributed by atoms with E-state index in [9.17, 15) is 22.8 Å². The van der Waals surface area contributed by atoms with Crippen molar-refractivity contribution < 1.29 is 36.6 Å². The minimum absolute atomic E-state index is 0.0931. The number of ether oxygens (including phenoxy) is 2. The van der Waals surface area contributed by atoms with Gasteiger partial charge in [-0.05, 0) is 63.4 Å². The summed E-state index contributed by atoms with van der Waals surface area (Å²) in [5.41, 5.74) is -1.74. The van der Waals surface area contributed by atoms with E-state index in [4.69, 9.17) is 9.47 Å². The zero-order valence-electron chi connectivity index (χ0n) is 24.1. The Hall–Kier alpha value is -3.54. The van der Waals surface area contributed by atoms with Gasteiger partial charge in [-0.2, -0.15) is 17.6 Å². The highest BCUT2D eigenvalue weighted by atomic mass is 32.1. The molecule has 0 atom stereocenters. The number of rotatable bonds is 12. The first-order valence-corrected chi connectivity index (χ1v) is 14.6. The van der Waals surface area contributed by atoms with Crippen molar-refractivity contribution >= 4 is 34.2 Å².